The van der Waals surface area contributed by atoms with E-state index in [1.807, 2.05) is 12.3 Å². The predicted molar refractivity (Wildman–Crippen MR) is 48.9 cm³/mol. The van der Waals surface area contributed by atoms with Crippen molar-refractivity contribution in [1.82, 2.24) is 4.98 Å². The Morgan fingerprint density at radius 3 is 3.08 bits per heavy atom. The first kappa shape index (κ1) is 8.35. The Kier molecular flexibility index (Phi) is 2.08. The molecule has 0 spiro atoms. The molecule has 0 saturated heterocycles. The lowest BCUT2D eigenvalue weighted by molar-refractivity contribution is 0.171. The molecule has 2 heterocycles. The van der Waals surface area contributed by atoms with E-state index in [2.05, 4.69) is 18.8 Å². The molecular weight excluding hydrogens is 166 g/mol. The molecule has 3 nitrogen and oxygen atoms in total. The van der Waals surface area contributed by atoms with Crippen molar-refractivity contribution >= 4 is 0 Å². The molecule has 0 aliphatic carbocycles. The topological polar surface area (TPSA) is 31.4 Å². The quantitative estimate of drug-likeness (QED) is 0.696. The average molecular weight is 179 g/mol. The molecule has 13 heavy (non-hydrogen) atoms. The minimum atomic E-state index is 0.299. The van der Waals surface area contributed by atoms with Crippen molar-refractivity contribution in [3.63, 3.8) is 0 Å². The Morgan fingerprint density at radius 1 is 1.46 bits per heavy atom. The van der Waals surface area contributed by atoms with E-state index in [1.54, 1.807) is 0 Å². The second-order valence-corrected chi connectivity index (χ2v) is 3.65. The highest BCUT2D eigenvalue weighted by atomic mass is 16.7. The number of rotatable bonds is 2. The largest absolute Gasteiger partial charge is 0.452 e. The molecule has 0 amide bonds. The van der Waals surface area contributed by atoms with E-state index in [0.29, 0.717) is 18.6 Å². The van der Waals surface area contributed by atoms with Crippen LogP contribution in [-0.2, 0) is 6.42 Å². The van der Waals surface area contributed by atoms with Crippen LogP contribution in [0.5, 0.6) is 11.6 Å². The van der Waals surface area contributed by atoms with Crippen LogP contribution in [0, 0.1) is 5.92 Å². The third-order valence-corrected chi connectivity index (χ3v) is 1.93. The van der Waals surface area contributed by atoms with E-state index in [9.17, 15) is 0 Å². The number of hydrogen-bond donors (Lipinski definition) is 0. The van der Waals surface area contributed by atoms with Crippen molar-refractivity contribution in [2.45, 2.75) is 20.3 Å². The van der Waals surface area contributed by atoms with Gasteiger partial charge in [-0.2, -0.15) is 0 Å². The molecule has 0 N–H and O–H groups in total. The van der Waals surface area contributed by atoms with Gasteiger partial charge in [0.05, 0.1) is 0 Å². The summed E-state index contributed by atoms with van der Waals surface area (Å²) in [5, 5.41) is 0. The summed E-state index contributed by atoms with van der Waals surface area (Å²) in [7, 11) is 0. The zero-order valence-electron chi connectivity index (χ0n) is 7.91. The summed E-state index contributed by atoms with van der Waals surface area (Å²) in [4.78, 5) is 4.17. The van der Waals surface area contributed by atoms with E-state index >= 15 is 0 Å². The number of nitrogens with zero attached hydrogens (tertiary/aromatic N) is 1. The lowest BCUT2D eigenvalue weighted by atomic mass is 10.1. The summed E-state index contributed by atoms with van der Waals surface area (Å²) in [6, 6.07) is 2.01. The first-order valence-electron chi connectivity index (χ1n) is 4.50. The highest BCUT2D eigenvalue weighted by Gasteiger charge is 2.14. The van der Waals surface area contributed by atoms with Crippen molar-refractivity contribution in [1.29, 1.82) is 0 Å². The van der Waals surface area contributed by atoms with Gasteiger partial charge in [-0.15, -0.1) is 0 Å². The summed E-state index contributed by atoms with van der Waals surface area (Å²) in [5.74, 6) is 2.04. The van der Waals surface area contributed by atoms with Gasteiger partial charge in [0.2, 0.25) is 6.79 Å². The molecular formula is C10H13NO2. The SMILES string of the molecule is CC(C)Cc1cnc2c(c1)OCO2. The lowest BCUT2D eigenvalue weighted by Gasteiger charge is -2.04. The number of hydrogen-bond acceptors (Lipinski definition) is 3. The van der Waals surface area contributed by atoms with E-state index in [0.717, 1.165) is 12.2 Å². The van der Waals surface area contributed by atoms with Crippen molar-refractivity contribution in [2.24, 2.45) is 5.92 Å². The Morgan fingerprint density at radius 2 is 2.31 bits per heavy atom. The molecule has 0 bridgehead atoms. The minimum absolute atomic E-state index is 0.299. The van der Waals surface area contributed by atoms with Crippen LogP contribution in [0.25, 0.3) is 0 Å². The maximum Gasteiger partial charge on any atom is 0.260 e. The molecule has 70 valence electrons. The molecule has 0 radical (unpaired) electrons. The summed E-state index contributed by atoms with van der Waals surface area (Å²) in [6.07, 6.45) is 2.89. The van der Waals surface area contributed by atoms with Crippen molar-refractivity contribution in [3.8, 4) is 11.6 Å². The number of aromatic nitrogens is 1. The predicted octanol–water partition coefficient (Wildman–Crippen LogP) is 2.01. The van der Waals surface area contributed by atoms with Gasteiger partial charge in [0.25, 0.3) is 5.88 Å². The fourth-order valence-corrected chi connectivity index (χ4v) is 1.42. The van der Waals surface area contributed by atoms with Crippen molar-refractivity contribution in [2.75, 3.05) is 6.79 Å². The van der Waals surface area contributed by atoms with Gasteiger partial charge in [-0.25, -0.2) is 4.98 Å². The first-order valence-corrected chi connectivity index (χ1v) is 4.50. The van der Waals surface area contributed by atoms with Crippen LogP contribution in [0.3, 0.4) is 0 Å². The van der Waals surface area contributed by atoms with Crippen molar-refractivity contribution < 1.29 is 9.47 Å². The zero-order valence-corrected chi connectivity index (χ0v) is 7.91. The molecule has 0 saturated carbocycles. The Labute approximate surface area is 77.7 Å². The van der Waals surface area contributed by atoms with E-state index in [4.69, 9.17) is 9.47 Å². The molecule has 1 aromatic rings. The first-order chi connectivity index (χ1) is 6.25. The standard InChI is InChI=1S/C10H13NO2/c1-7(2)3-8-4-9-10(11-5-8)13-6-12-9/h4-5,7H,3,6H2,1-2H3. The van der Waals surface area contributed by atoms with Crippen LogP contribution in [-0.4, -0.2) is 11.8 Å². The molecule has 1 aromatic heterocycles. The highest BCUT2D eigenvalue weighted by Crippen LogP contribution is 2.30. The van der Waals surface area contributed by atoms with Gasteiger partial charge in [0, 0.05) is 6.20 Å². The molecule has 1 aliphatic rings. The average Bonchev–Trinajstić information content (AvgIpc) is 2.49. The third kappa shape index (κ3) is 1.74. The Hall–Kier alpha value is -1.25. The van der Waals surface area contributed by atoms with Crippen LogP contribution in [0.2, 0.25) is 0 Å². The van der Waals surface area contributed by atoms with Crippen LogP contribution in [0.1, 0.15) is 19.4 Å². The van der Waals surface area contributed by atoms with Gasteiger partial charge in [-0.1, -0.05) is 13.8 Å². The Balaban J connectivity index is 2.21. The van der Waals surface area contributed by atoms with Gasteiger partial charge in [0.15, 0.2) is 5.75 Å². The summed E-state index contributed by atoms with van der Waals surface area (Å²) < 4.78 is 10.4. The van der Waals surface area contributed by atoms with Crippen LogP contribution < -0.4 is 9.47 Å². The fourth-order valence-electron chi connectivity index (χ4n) is 1.42. The van der Waals surface area contributed by atoms with Crippen LogP contribution in [0.4, 0.5) is 0 Å². The monoisotopic (exact) mass is 179 g/mol. The molecule has 1 aliphatic heterocycles. The molecule has 2 rings (SSSR count). The van der Waals surface area contributed by atoms with Gasteiger partial charge in [-0.05, 0) is 24.0 Å². The summed E-state index contributed by atoms with van der Waals surface area (Å²) in [6.45, 7) is 4.67. The van der Waals surface area contributed by atoms with E-state index in [-0.39, 0.29) is 0 Å². The van der Waals surface area contributed by atoms with Crippen LogP contribution >= 0.6 is 0 Å². The van der Waals surface area contributed by atoms with Crippen LogP contribution in [0.15, 0.2) is 12.3 Å². The van der Waals surface area contributed by atoms with E-state index in [1.165, 1.54) is 5.56 Å². The molecule has 0 fully saturated rings. The Bertz CT molecular complexity index is 310. The molecule has 3 heteroatoms. The summed E-state index contributed by atoms with van der Waals surface area (Å²) >= 11 is 0. The number of ether oxygens (including phenoxy) is 2. The maximum atomic E-state index is 5.24. The van der Waals surface area contributed by atoms with Gasteiger partial charge >= 0.3 is 0 Å². The maximum absolute atomic E-state index is 5.24. The van der Waals surface area contributed by atoms with Gasteiger partial charge in [-0.3, -0.25) is 0 Å². The normalized spacial score (nSPS) is 13.8. The third-order valence-electron chi connectivity index (χ3n) is 1.93. The number of pyridine rings is 1. The number of fused-ring (bicyclic) bond motifs is 1. The van der Waals surface area contributed by atoms with Gasteiger partial charge in [0.1, 0.15) is 0 Å². The second kappa shape index (κ2) is 3.24. The zero-order chi connectivity index (χ0) is 9.26. The second-order valence-electron chi connectivity index (χ2n) is 3.65. The smallest absolute Gasteiger partial charge is 0.260 e. The molecule has 0 aromatic carbocycles. The fraction of sp³-hybridized carbons (Fsp3) is 0.500. The van der Waals surface area contributed by atoms with Gasteiger partial charge < -0.3 is 9.47 Å². The highest BCUT2D eigenvalue weighted by molar-refractivity contribution is 5.38. The van der Waals surface area contributed by atoms with E-state index < -0.39 is 0 Å². The summed E-state index contributed by atoms with van der Waals surface area (Å²) in [5.41, 5.74) is 1.21. The van der Waals surface area contributed by atoms with Crippen molar-refractivity contribution in [3.05, 3.63) is 17.8 Å². The minimum Gasteiger partial charge on any atom is -0.452 e. The lowest BCUT2D eigenvalue weighted by Crippen LogP contribution is -1.94. The molecule has 0 atom stereocenters. The molecule has 0 unspecified atom stereocenters.